The SMILES string of the molecule is C=CCN(CCO)CCc1ccc(C)cc1. The van der Waals surface area contributed by atoms with Crippen LogP contribution in [0.3, 0.4) is 0 Å². The molecule has 0 heterocycles. The highest BCUT2D eigenvalue weighted by molar-refractivity contribution is 5.21. The van der Waals surface area contributed by atoms with Crippen molar-refractivity contribution in [2.45, 2.75) is 13.3 Å². The van der Waals surface area contributed by atoms with E-state index in [2.05, 4.69) is 42.7 Å². The molecule has 1 rings (SSSR count). The summed E-state index contributed by atoms with van der Waals surface area (Å²) in [5, 5.41) is 8.92. The summed E-state index contributed by atoms with van der Waals surface area (Å²) in [6.45, 7) is 8.56. The molecule has 1 N–H and O–H groups in total. The van der Waals surface area contributed by atoms with Gasteiger partial charge in [-0.2, -0.15) is 0 Å². The molecule has 0 fully saturated rings. The van der Waals surface area contributed by atoms with Crippen LogP contribution in [0.1, 0.15) is 11.1 Å². The molecule has 0 aliphatic carbocycles. The maximum absolute atomic E-state index is 8.92. The zero-order chi connectivity index (χ0) is 11.8. The van der Waals surface area contributed by atoms with Gasteiger partial charge in [0.25, 0.3) is 0 Å². The molecule has 0 bridgehead atoms. The van der Waals surface area contributed by atoms with Crippen LogP contribution in [0.4, 0.5) is 0 Å². The first kappa shape index (κ1) is 12.9. The Bertz CT molecular complexity index is 305. The minimum Gasteiger partial charge on any atom is -0.395 e. The van der Waals surface area contributed by atoms with Gasteiger partial charge in [0.15, 0.2) is 0 Å². The van der Waals surface area contributed by atoms with E-state index in [4.69, 9.17) is 5.11 Å². The van der Waals surface area contributed by atoms with E-state index in [-0.39, 0.29) is 6.61 Å². The van der Waals surface area contributed by atoms with Crippen LogP contribution >= 0.6 is 0 Å². The highest BCUT2D eigenvalue weighted by Crippen LogP contribution is 2.04. The summed E-state index contributed by atoms with van der Waals surface area (Å²) in [7, 11) is 0. The fraction of sp³-hybridized carbons (Fsp3) is 0.429. The Morgan fingerprint density at radius 1 is 1.25 bits per heavy atom. The van der Waals surface area contributed by atoms with E-state index >= 15 is 0 Å². The van der Waals surface area contributed by atoms with Crippen molar-refractivity contribution in [2.24, 2.45) is 0 Å². The van der Waals surface area contributed by atoms with Crippen LogP contribution in [-0.2, 0) is 6.42 Å². The molecule has 0 aliphatic heterocycles. The smallest absolute Gasteiger partial charge is 0.0558 e. The fourth-order valence-electron chi connectivity index (χ4n) is 1.66. The predicted molar refractivity (Wildman–Crippen MR) is 68.6 cm³/mol. The van der Waals surface area contributed by atoms with Crippen molar-refractivity contribution in [3.8, 4) is 0 Å². The molecule has 0 atom stereocenters. The molecular formula is C14H21NO. The summed E-state index contributed by atoms with van der Waals surface area (Å²) in [6.07, 6.45) is 2.90. The van der Waals surface area contributed by atoms with E-state index in [0.29, 0.717) is 0 Å². The lowest BCUT2D eigenvalue weighted by molar-refractivity contribution is 0.210. The van der Waals surface area contributed by atoms with Crippen LogP contribution in [-0.4, -0.2) is 36.2 Å². The highest BCUT2D eigenvalue weighted by Gasteiger charge is 2.02. The third-order valence-electron chi connectivity index (χ3n) is 2.64. The second-order valence-corrected chi connectivity index (χ2v) is 4.05. The molecule has 0 saturated heterocycles. The molecule has 0 aromatic heterocycles. The standard InChI is InChI=1S/C14H21NO/c1-3-9-15(11-12-16)10-8-14-6-4-13(2)5-7-14/h3-7,16H,1,8-12H2,2H3. The van der Waals surface area contributed by atoms with Gasteiger partial charge in [0, 0.05) is 19.6 Å². The first-order valence-electron chi connectivity index (χ1n) is 5.76. The average Bonchev–Trinajstić information content (AvgIpc) is 2.29. The molecule has 2 heteroatoms. The Morgan fingerprint density at radius 3 is 2.50 bits per heavy atom. The lowest BCUT2D eigenvalue weighted by Crippen LogP contribution is -2.29. The molecule has 0 saturated carbocycles. The fourth-order valence-corrected chi connectivity index (χ4v) is 1.66. The molecule has 0 unspecified atom stereocenters. The Labute approximate surface area is 98.2 Å². The van der Waals surface area contributed by atoms with Crippen LogP contribution < -0.4 is 0 Å². The molecule has 0 amide bonds. The van der Waals surface area contributed by atoms with Crippen molar-refractivity contribution in [3.63, 3.8) is 0 Å². The summed E-state index contributed by atoms with van der Waals surface area (Å²) >= 11 is 0. The second kappa shape index (κ2) is 7.20. The van der Waals surface area contributed by atoms with Gasteiger partial charge in [-0.05, 0) is 18.9 Å². The van der Waals surface area contributed by atoms with Crippen molar-refractivity contribution in [1.29, 1.82) is 0 Å². The molecule has 1 aromatic rings. The van der Waals surface area contributed by atoms with Gasteiger partial charge >= 0.3 is 0 Å². The lowest BCUT2D eigenvalue weighted by Gasteiger charge is -2.19. The normalized spacial score (nSPS) is 10.7. The van der Waals surface area contributed by atoms with E-state index in [1.54, 1.807) is 0 Å². The summed E-state index contributed by atoms with van der Waals surface area (Å²) in [5.41, 5.74) is 2.64. The van der Waals surface area contributed by atoms with Crippen LogP contribution in [0.15, 0.2) is 36.9 Å². The molecule has 88 valence electrons. The van der Waals surface area contributed by atoms with Gasteiger partial charge in [-0.25, -0.2) is 0 Å². The molecule has 2 nitrogen and oxygen atoms in total. The minimum absolute atomic E-state index is 0.210. The number of aliphatic hydroxyl groups is 1. The number of hydrogen-bond acceptors (Lipinski definition) is 2. The zero-order valence-corrected chi connectivity index (χ0v) is 10.0. The molecular weight excluding hydrogens is 198 g/mol. The molecule has 0 spiro atoms. The first-order valence-corrected chi connectivity index (χ1v) is 5.76. The van der Waals surface area contributed by atoms with Gasteiger partial charge in [0.1, 0.15) is 0 Å². The third kappa shape index (κ3) is 4.60. The predicted octanol–water partition coefficient (Wildman–Crippen LogP) is 2.02. The van der Waals surface area contributed by atoms with Crippen molar-refractivity contribution in [2.75, 3.05) is 26.2 Å². The van der Waals surface area contributed by atoms with Crippen molar-refractivity contribution in [3.05, 3.63) is 48.0 Å². The van der Waals surface area contributed by atoms with Crippen molar-refractivity contribution in [1.82, 2.24) is 4.90 Å². The summed E-state index contributed by atoms with van der Waals surface area (Å²) in [5.74, 6) is 0. The van der Waals surface area contributed by atoms with E-state index in [1.165, 1.54) is 11.1 Å². The van der Waals surface area contributed by atoms with Gasteiger partial charge in [-0.3, -0.25) is 4.90 Å². The van der Waals surface area contributed by atoms with E-state index in [0.717, 1.165) is 26.1 Å². The summed E-state index contributed by atoms with van der Waals surface area (Å²) in [6, 6.07) is 8.61. The van der Waals surface area contributed by atoms with Gasteiger partial charge in [-0.1, -0.05) is 35.9 Å². The molecule has 1 aromatic carbocycles. The van der Waals surface area contributed by atoms with E-state index in [9.17, 15) is 0 Å². The Hall–Kier alpha value is -1.12. The second-order valence-electron chi connectivity index (χ2n) is 4.05. The van der Waals surface area contributed by atoms with Crippen LogP contribution in [0.2, 0.25) is 0 Å². The number of aryl methyl sites for hydroxylation is 1. The monoisotopic (exact) mass is 219 g/mol. The van der Waals surface area contributed by atoms with Gasteiger partial charge in [0.2, 0.25) is 0 Å². The van der Waals surface area contributed by atoms with Gasteiger partial charge < -0.3 is 5.11 Å². The number of benzene rings is 1. The first-order chi connectivity index (χ1) is 7.76. The van der Waals surface area contributed by atoms with Crippen LogP contribution in [0.5, 0.6) is 0 Å². The number of nitrogens with zero attached hydrogens (tertiary/aromatic N) is 1. The Balaban J connectivity index is 2.41. The van der Waals surface area contributed by atoms with Crippen molar-refractivity contribution < 1.29 is 5.11 Å². The van der Waals surface area contributed by atoms with Crippen LogP contribution in [0, 0.1) is 6.92 Å². The number of rotatable bonds is 7. The quantitative estimate of drug-likeness (QED) is 0.709. The van der Waals surface area contributed by atoms with Gasteiger partial charge in [0.05, 0.1) is 6.61 Å². The minimum atomic E-state index is 0.210. The number of hydrogen-bond donors (Lipinski definition) is 1. The summed E-state index contributed by atoms with van der Waals surface area (Å²) < 4.78 is 0. The van der Waals surface area contributed by atoms with E-state index in [1.807, 2.05) is 6.08 Å². The lowest BCUT2D eigenvalue weighted by atomic mass is 10.1. The molecule has 16 heavy (non-hydrogen) atoms. The largest absolute Gasteiger partial charge is 0.395 e. The van der Waals surface area contributed by atoms with E-state index < -0.39 is 0 Å². The third-order valence-corrected chi connectivity index (χ3v) is 2.64. The highest BCUT2D eigenvalue weighted by atomic mass is 16.3. The van der Waals surface area contributed by atoms with Gasteiger partial charge in [-0.15, -0.1) is 6.58 Å². The van der Waals surface area contributed by atoms with Crippen molar-refractivity contribution >= 4 is 0 Å². The zero-order valence-electron chi connectivity index (χ0n) is 10.0. The molecule has 0 radical (unpaired) electrons. The Morgan fingerprint density at radius 2 is 1.94 bits per heavy atom. The Kier molecular flexibility index (Phi) is 5.83. The maximum atomic E-state index is 8.92. The summed E-state index contributed by atoms with van der Waals surface area (Å²) in [4.78, 5) is 2.20. The maximum Gasteiger partial charge on any atom is 0.0558 e. The van der Waals surface area contributed by atoms with Crippen LogP contribution in [0.25, 0.3) is 0 Å². The number of aliphatic hydroxyl groups excluding tert-OH is 1. The molecule has 0 aliphatic rings. The topological polar surface area (TPSA) is 23.5 Å². The average molecular weight is 219 g/mol.